The zero-order valence-electron chi connectivity index (χ0n) is 16.0. The number of ether oxygens (including phenoxy) is 2. The SMILES string of the molecule is COC(=O)CCN(CC(=O)OC)C(=O)NC(c1ccccc1)c1ccccc1. The van der Waals surface area contributed by atoms with Crippen LogP contribution in [0.1, 0.15) is 23.6 Å². The molecule has 0 radical (unpaired) electrons. The maximum absolute atomic E-state index is 12.9. The van der Waals surface area contributed by atoms with E-state index >= 15 is 0 Å². The van der Waals surface area contributed by atoms with E-state index in [0.29, 0.717) is 0 Å². The van der Waals surface area contributed by atoms with Gasteiger partial charge >= 0.3 is 18.0 Å². The molecule has 148 valence electrons. The normalized spacial score (nSPS) is 10.2. The number of esters is 2. The number of carbonyl (C=O) groups is 3. The molecule has 0 aliphatic heterocycles. The number of urea groups is 1. The highest BCUT2D eigenvalue weighted by Crippen LogP contribution is 2.22. The van der Waals surface area contributed by atoms with Gasteiger partial charge < -0.3 is 19.7 Å². The zero-order chi connectivity index (χ0) is 20.4. The average Bonchev–Trinajstić information content (AvgIpc) is 2.75. The minimum absolute atomic E-state index is 0.0255. The maximum atomic E-state index is 12.9. The summed E-state index contributed by atoms with van der Waals surface area (Å²) in [6, 6.07) is 18.1. The molecule has 0 bridgehead atoms. The second-order valence-electron chi connectivity index (χ2n) is 6.03. The summed E-state index contributed by atoms with van der Waals surface area (Å²) >= 11 is 0. The minimum Gasteiger partial charge on any atom is -0.469 e. The predicted molar refractivity (Wildman–Crippen MR) is 103 cm³/mol. The lowest BCUT2D eigenvalue weighted by molar-refractivity contribution is -0.143. The Bertz CT molecular complexity index is 740. The van der Waals surface area contributed by atoms with Crippen LogP contribution in [0.4, 0.5) is 4.79 Å². The second-order valence-corrected chi connectivity index (χ2v) is 6.03. The van der Waals surface area contributed by atoms with Crippen molar-refractivity contribution in [3.8, 4) is 0 Å². The lowest BCUT2D eigenvalue weighted by Crippen LogP contribution is -2.45. The number of nitrogens with zero attached hydrogens (tertiary/aromatic N) is 1. The van der Waals surface area contributed by atoms with Crippen LogP contribution < -0.4 is 5.32 Å². The summed E-state index contributed by atoms with van der Waals surface area (Å²) in [7, 11) is 2.52. The highest BCUT2D eigenvalue weighted by atomic mass is 16.5. The van der Waals surface area contributed by atoms with Crippen LogP contribution in [0, 0.1) is 0 Å². The third-order valence-electron chi connectivity index (χ3n) is 4.18. The Morgan fingerprint density at radius 1 is 0.857 bits per heavy atom. The number of hydrogen-bond acceptors (Lipinski definition) is 5. The molecule has 2 aromatic carbocycles. The molecule has 0 heterocycles. The molecule has 1 N–H and O–H groups in total. The van der Waals surface area contributed by atoms with Crippen molar-refractivity contribution in [1.82, 2.24) is 10.2 Å². The van der Waals surface area contributed by atoms with Gasteiger partial charge in [0.05, 0.1) is 26.7 Å². The van der Waals surface area contributed by atoms with Crippen LogP contribution in [0.5, 0.6) is 0 Å². The standard InChI is InChI=1S/C21H24N2O5/c1-27-18(24)13-14-23(15-19(25)28-2)21(26)22-20(16-9-5-3-6-10-16)17-11-7-4-8-12-17/h3-12,20H,13-15H2,1-2H3,(H,22,26). The quantitative estimate of drug-likeness (QED) is 0.707. The van der Waals surface area contributed by atoms with Gasteiger partial charge in [-0.15, -0.1) is 0 Å². The summed E-state index contributed by atoms with van der Waals surface area (Å²) in [5.74, 6) is -1.04. The van der Waals surface area contributed by atoms with Crippen molar-refractivity contribution in [3.63, 3.8) is 0 Å². The summed E-state index contributed by atoms with van der Waals surface area (Å²) in [5.41, 5.74) is 1.79. The van der Waals surface area contributed by atoms with E-state index < -0.39 is 24.0 Å². The van der Waals surface area contributed by atoms with Gasteiger partial charge in [-0.2, -0.15) is 0 Å². The predicted octanol–water partition coefficient (Wildman–Crippen LogP) is 2.52. The third-order valence-corrected chi connectivity index (χ3v) is 4.18. The topological polar surface area (TPSA) is 84.9 Å². The highest BCUT2D eigenvalue weighted by molar-refractivity contribution is 5.82. The Hall–Kier alpha value is -3.35. The molecule has 28 heavy (non-hydrogen) atoms. The first-order valence-electron chi connectivity index (χ1n) is 8.84. The van der Waals surface area contributed by atoms with Crippen LogP contribution in [0.25, 0.3) is 0 Å². The number of carbonyl (C=O) groups excluding carboxylic acids is 3. The summed E-state index contributed by atoms with van der Waals surface area (Å²) in [6.45, 7) is -0.237. The molecule has 0 unspecified atom stereocenters. The van der Waals surface area contributed by atoms with Crippen LogP contribution in [-0.4, -0.2) is 50.2 Å². The maximum Gasteiger partial charge on any atom is 0.325 e. The molecule has 0 aliphatic carbocycles. The fraction of sp³-hybridized carbons (Fsp3) is 0.286. The Morgan fingerprint density at radius 3 is 1.82 bits per heavy atom. The Labute approximate surface area is 164 Å². The number of nitrogens with one attached hydrogen (secondary N) is 1. The molecule has 2 amide bonds. The van der Waals surface area contributed by atoms with E-state index in [1.165, 1.54) is 19.1 Å². The molecule has 0 fully saturated rings. The second kappa shape index (κ2) is 10.7. The molecule has 7 heteroatoms. The van der Waals surface area contributed by atoms with Gasteiger partial charge in [-0.05, 0) is 11.1 Å². The molecule has 0 aliphatic rings. The first kappa shape index (κ1) is 21.0. The third kappa shape index (κ3) is 6.12. The van der Waals surface area contributed by atoms with E-state index in [9.17, 15) is 14.4 Å². The number of benzene rings is 2. The molecule has 0 atom stereocenters. The van der Waals surface area contributed by atoms with Crippen molar-refractivity contribution in [2.24, 2.45) is 0 Å². The van der Waals surface area contributed by atoms with Crippen LogP contribution in [0.3, 0.4) is 0 Å². The van der Waals surface area contributed by atoms with E-state index in [1.54, 1.807) is 0 Å². The lowest BCUT2D eigenvalue weighted by Gasteiger charge is -2.26. The monoisotopic (exact) mass is 384 g/mol. The molecular weight excluding hydrogens is 360 g/mol. The van der Waals surface area contributed by atoms with Crippen molar-refractivity contribution in [2.75, 3.05) is 27.3 Å². The summed E-state index contributed by atoms with van der Waals surface area (Å²) in [4.78, 5) is 37.3. The average molecular weight is 384 g/mol. The molecule has 0 saturated carbocycles. The van der Waals surface area contributed by atoms with Crippen LogP contribution >= 0.6 is 0 Å². The largest absolute Gasteiger partial charge is 0.469 e. The lowest BCUT2D eigenvalue weighted by atomic mass is 9.99. The number of rotatable bonds is 8. The first-order valence-corrected chi connectivity index (χ1v) is 8.84. The highest BCUT2D eigenvalue weighted by Gasteiger charge is 2.23. The van der Waals surface area contributed by atoms with Gasteiger partial charge in [0.25, 0.3) is 0 Å². The van der Waals surface area contributed by atoms with Crippen LogP contribution in [0.15, 0.2) is 60.7 Å². The molecule has 2 aromatic rings. The Kier molecular flexibility index (Phi) is 8.02. The first-order chi connectivity index (χ1) is 13.5. The molecule has 0 spiro atoms. The van der Waals surface area contributed by atoms with Gasteiger partial charge in [-0.25, -0.2) is 4.79 Å². The zero-order valence-corrected chi connectivity index (χ0v) is 16.0. The van der Waals surface area contributed by atoms with Crippen LogP contribution in [-0.2, 0) is 19.1 Å². The summed E-state index contributed by atoms with van der Waals surface area (Å²) < 4.78 is 9.28. The van der Waals surface area contributed by atoms with E-state index in [0.717, 1.165) is 11.1 Å². The van der Waals surface area contributed by atoms with Gasteiger partial charge in [-0.3, -0.25) is 9.59 Å². The van der Waals surface area contributed by atoms with Gasteiger partial charge in [0.2, 0.25) is 0 Å². The van der Waals surface area contributed by atoms with E-state index in [2.05, 4.69) is 14.8 Å². The van der Waals surface area contributed by atoms with Crippen LogP contribution in [0.2, 0.25) is 0 Å². The van der Waals surface area contributed by atoms with E-state index in [1.807, 2.05) is 60.7 Å². The minimum atomic E-state index is -0.573. The Balaban J connectivity index is 2.22. The van der Waals surface area contributed by atoms with Gasteiger partial charge in [0.15, 0.2) is 0 Å². The number of amides is 2. The van der Waals surface area contributed by atoms with Crippen molar-refractivity contribution in [3.05, 3.63) is 71.8 Å². The van der Waals surface area contributed by atoms with Crippen molar-refractivity contribution in [1.29, 1.82) is 0 Å². The molecular formula is C21H24N2O5. The Morgan fingerprint density at radius 2 is 1.36 bits per heavy atom. The van der Waals surface area contributed by atoms with Gasteiger partial charge in [0.1, 0.15) is 6.54 Å². The smallest absolute Gasteiger partial charge is 0.325 e. The number of hydrogen-bond donors (Lipinski definition) is 1. The summed E-state index contributed by atoms with van der Waals surface area (Å²) in [5, 5.41) is 2.95. The van der Waals surface area contributed by atoms with Crippen molar-refractivity contribution >= 4 is 18.0 Å². The van der Waals surface area contributed by atoms with E-state index in [4.69, 9.17) is 0 Å². The fourth-order valence-electron chi connectivity index (χ4n) is 2.67. The van der Waals surface area contributed by atoms with Crippen molar-refractivity contribution < 1.29 is 23.9 Å². The van der Waals surface area contributed by atoms with Gasteiger partial charge in [-0.1, -0.05) is 60.7 Å². The molecule has 2 rings (SSSR count). The molecule has 0 saturated heterocycles. The summed E-state index contributed by atoms with van der Waals surface area (Å²) in [6.07, 6.45) is -0.0255. The molecule has 0 aromatic heterocycles. The van der Waals surface area contributed by atoms with Gasteiger partial charge in [0, 0.05) is 6.54 Å². The number of methoxy groups -OCH3 is 2. The fourth-order valence-corrected chi connectivity index (χ4v) is 2.67. The van der Waals surface area contributed by atoms with Crippen molar-refractivity contribution in [2.45, 2.75) is 12.5 Å². The molecule has 7 nitrogen and oxygen atoms in total. The van der Waals surface area contributed by atoms with E-state index in [-0.39, 0.29) is 19.5 Å².